The number of halogens is 2. The van der Waals surface area contributed by atoms with Gasteiger partial charge in [0.2, 0.25) is 0 Å². The predicted molar refractivity (Wildman–Crippen MR) is 73.8 cm³/mol. The topological polar surface area (TPSA) is 9.23 Å². The summed E-state index contributed by atoms with van der Waals surface area (Å²) in [5.74, 6) is 0.847. The Kier molecular flexibility index (Phi) is 5.63. The molecule has 0 heterocycles. The van der Waals surface area contributed by atoms with Crippen LogP contribution in [0.25, 0.3) is 0 Å². The van der Waals surface area contributed by atoms with Crippen molar-refractivity contribution in [3.63, 3.8) is 0 Å². The van der Waals surface area contributed by atoms with Crippen LogP contribution in [0.15, 0.2) is 24.3 Å². The zero-order valence-corrected chi connectivity index (χ0v) is 12.1. The summed E-state index contributed by atoms with van der Waals surface area (Å²) in [6.45, 7) is 5.13. The van der Waals surface area contributed by atoms with E-state index in [-0.39, 0.29) is 5.41 Å². The normalized spacial score (nSPS) is 11.5. The Hall–Kier alpha value is -0.210. The van der Waals surface area contributed by atoms with E-state index in [2.05, 4.69) is 29.8 Å². The molecule has 0 atom stereocenters. The van der Waals surface area contributed by atoms with Crippen molar-refractivity contribution in [2.45, 2.75) is 26.7 Å². The predicted octanol–water partition coefficient (Wildman–Crippen LogP) is 4.92. The highest BCUT2D eigenvalue weighted by atomic mass is 79.9. The molecule has 1 rings (SSSR count). The molecule has 0 spiro atoms. The molecule has 0 aliphatic heterocycles. The molecule has 0 saturated carbocycles. The number of ether oxygens (including phenoxy) is 1. The van der Waals surface area contributed by atoms with Crippen LogP contribution >= 0.6 is 27.5 Å². The van der Waals surface area contributed by atoms with Gasteiger partial charge in [0.15, 0.2) is 0 Å². The van der Waals surface area contributed by atoms with E-state index >= 15 is 0 Å². The highest BCUT2D eigenvalue weighted by Gasteiger charge is 2.25. The minimum absolute atomic E-state index is 0.225. The number of hydrogen-bond acceptors (Lipinski definition) is 1. The molecule has 0 amide bonds. The Morgan fingerprint density at radius 1 is 1.31 bits per heavy atom. The number of rotatable bonds is 6. The molecule has 0 N–H and O–H groups in total. The van der Waals surface area contributed by atoms with Gasteiger partial charge in [0.05, 0.1) is 6.61 Å². The van der Waals surface area contributed by atoms with Crippen LogP contribution in [0.4, 0.5) is 0 Å². The molecule has 0 aliphatic carbocycles. The number of benzene rings is 1. The van der Waals surface area contributed by atoms with Gasteiger partial charge in [-0.25, -0.2) is 0 Å². The Bertz CT molecular complexity index is 315. The molecule has 90 valence electrons. The first-order valence-electron chi connectivity index (χ1n) is 5.60. The van der Waals surface area contributed by atoms with Gasteiger partial charge >= 0.3 is 0 Å². The lowest BCUT2D eigenvalue weighted by Crippen LogP contribution is -2.28. The summed E-state index contributed by atoms with van der Waals surface area (Å²) in [4.78, 5) is 0. The molecule has 0 saturated heterocycles. The minimum atomic E-state index is 0.225. The molecule has 0 aliphatic rings. The number of alkyl halides is 1. The molecule has 0 fully saturated rings. The van der Waals surface area contributed by atoms with Crippen LogP contribution < -0.4 is 4.74 Å². The highest BCUT2D eigenvalue weighted by molar-refractivity contribution is 9.09. The average molecular weight is 306 g/mol. The second-order valence-electron chi connectivity index (χ2n) is 4.09. The third-order valence-corrected chi connectivity index (χ3v) is 4.55. The molecule has 1 nitrogen and oxygen atoms in total. The van der Waals surface area contributed by atoms with Gasteiger partial charge in [0.1, 0.15) is 5.75 Å². The first-order chi connectivity index (χ1) is 7.65. The fraction of sp³-hybridized carbons (Fsp3) is 0.538. The summed E-state index contributed by atoms with van der Waals surface area (Å²) in [6.07, 6.45) is 2.21. The van der Waals surface area contributed by atoms with Crippen molar-refractivity contribution in [2.75, 3.05) is 11.9 Å². The van der Waals surface area contributed by atoms with Crippen molar-refractivity contribution >= 4 is 27.5 Å². The molecule has 0 bridgehead atoms. The van der Waals surface area contributed by atoms with E-state index < -0.39 is 0 Å². The first-order valence-corrected chi connectivity index (χ1v) is 7.10. The summed E-state index contributed by atoms with van der Waals surface area (Å²) in [6, 6.07) is 7.55. The molecule has 16 heavy (non-hydrogen) atoms. The Morgan fingerprint density at radius 3 is 2.50 bits per heavy atom. The maximum absolute atomic E-state index is 5.91. The SMILES string of the molecule is CCC(CC)(CBr)COc1cccc(Cl)c1. The van der Waals surface area contributed by atoms with Crippen molar-refractivity contribution in [1.29, 1.82) is 0 Å². The van der Waals surface area contributed by atoms with Crippen molar-refractivity contribution < 1.29 is 4.74 Å². The molecular formula is C13H18BrClO. The van der Waals surface area contributed by atoms with Gasteiger partial charge in [-0.15, -0.1) is 0 Å². The van der Waals surface area contributed by atoms with Gasteiger partial charge in [0, 0.05) is 15.8 Å². The Balaban J connectivity index is 2.62. The maximum atomic E-state index is 5.91. The number of hydrogen-bond donors (Lipinski definition) is 0. The van der Waals surface area contributed by atoms with E-state index in [0.29, 0.717) is 0 Å². The lowest BCUT2D eigenvalue weighted by molar-refractivity contribution is 0.158. The largest absolute Gasteiger partial charge is 0.493 e. The van der Waals surface area contributed by atoms with Crippen molar-refractivity contribution in [2.24, 2.45) is 5.41 Å². The maximum Gasteiger partial charge on any atom is 0.120 e. The summed E-state index contributed by atoms with van der Waals surface area (Å²) >= 11 is 9.48. The fourth-order valence-corrected chi connectivity index (χ4v) is 2.61. The molecule has 1 aromatic carbocycles. The van der Waals surface area contributed by atoms with Crippen molar-refractivity contribution in [3.05, 3.63) is 29.3 Å². The van der Waals surface area contributed by atoms with Crippen LogP contribution in [0.5, 0.6) is 5.75 Å². The first kappa shape index (κ1) is 13.9. The van der Waals surface area contributed by atoms with E-state index in [1.54, 1.807) is 0 Å². The monoisotopic (exact) mass is 304 g/mol. The highest BCUT2D eigenvalue weighted by Crippen LogP contribution is 2.30. The smallest absolute Gasteiger partial charge is 0.120 e. The third kappa shape index (κ3) is 3.67. The summed E-state index contributed by atoms with van der Waals surface area (Å²) in [5, 5.41) is 1.68. The van der Waals surface area contributed by atoms with Gasteiger partial charge in [-0.05, 0) is 31.0 Å². The zero-order valence-electron chi connectivity index (χ0n) is 9.80. The molecule has 0 aromatic heterocycles. The van der Waals surface area contributed by atoms with Crippen molar-refractivity contribution in [1.82, 2.24) is 0 Å². The lowest BCUT2D eigenvalue weighted by Gasteiger charge is -2.29. The molecule has 1 aromatic rings. The van der Waals surface area contributed by atoms with E-state index in [1.807, 2.05) is 24.3 Å². The van der Waals surface area contributed by atoms with E-state index in [1.165, 1.54) is 0 Å². The third-order valence-electron chi connectivity index (χ3n) is 3.12. The fourth-order valence-electron chi connectivity index (χ4n) is 1.47. The molecule has 0 radical (unpaired) electrons. The molecule has 3 heteroatoms. The van der Waals surface area contributed by atoms with Crippen LogP contribution in [0.3, 0.4) is 0 Å². The van der Waals surface area contributed by atoms with Crippen LogP contribution in [0.2, 0.25) is 5.02 Å². The van der Waals surface area contributed by atoms with Crippen LogP contribution in [0.1, 0.15) is 26.7 Å². The van der Waals surface area contributed by atoms with E-state index in [4.69, 9.17) is 16.3 Å². The van der Waals surface area contributed by atoms with Gasteiger partial charge in [-0.2, -0.15) is 0 Å². The lowest BCUT2D eigenvalue weighted by atomic mass is 9.86. The standard InChI is InChI=1S/C13H18BrClO/c1-3-13(4-2,9-14)10-16-12-7-5-6-11(15)8-12/h5-8H,3-4,9-10H2,1-2H3. The van der Waals surface area contributed by atoms with Crippen molar-refractivity contribution in [3.8, 4) is 5.75 Å². The van der Waals surface area contributed by atoms with Crippen LogP contribution in [-0.2, 0) is 0 Å². The van der Waals surface area contributed by atoms with Gasteiger partial charge in [-0.1, -0.05) is 47.4 Å². The summed E-state index contributed by atoms with van der Waals surface area (Å²) in [5.41, 5.74) is 0.225. The van der Waals surface area contributed by atoms with Crippen LogP contribution in [0, 0.1) is 5.41 Å². The van der Waals surface area contributed by atoms with Gasteiger partial charge in [-0.3, -0.25) is 0 Å². The van der Waals surface area contributed by atoms with E-state index in [0.717, 1.165) is 35.6 Å². The quantitative estimate of drug-likeness (QED) is 0.678. The second kappa shape index (κ2) is 6.51. The molecular weight excluding hydrogens is 287 g/mol. The van der Waals surface area contributed by atoms with Gasteiger partial charge in [0.25, 0.3) is 0 Å². The Labute approximate surface area is 111 Å². The zero-order chi connectivity index (χ0) is 12.0. The minimum Gasteiger partial charge on any atom is -0.493 e. The van der Waals surface area contributed by atoms with E-state index in [9.17, 15) is 0 Å². The van der Waals surface area contributed by atoms with Crippen LogP contribution in [-0.4, -0.2) is 11.9 Å². The molecule has 0 unspecified atom stereocenters. The average Bonchev–Trinajstić information content (AvgIpc) is 2.32. The summed E-state index contributed by atoms with van der Waals surface area (Å²) < 4.78 is 5.81. The summed E-state index contributed by atoms with van der Waals surface area (Å²) in [7, 11) is 0. The van der Waals surface area contributed by atoms with Gasteiger partial charge < -0.3 is 4.74 Å². The second-order valence-corrected chi connectivity index (χ2v) is 5.08. The Morgan fingerprint density at radius 2 is 2.00 bits per heavy atom.